The normalized spacial score (nSPS) is 12.8. The lowest BCUT2D eigenvalue weighted by atomic mass is 9.99. The molecule has 2 aromatic rings. The molecule has 0 saturated carbocycles. The number of hydrogen-bond acceptors (Lipinski definition) is 5. The van der Waals surface area contributed by atoms with Crippen LogP contribution in [-0.2, 0) is 17.8 Å². The summed E-state index contributed by atoms with van der Waals surface area (Å²) in [6.07, 6.45) is 2.11. The number of rotatable bonds is 8. The van der Waals surface area contributed by atoms with Crippen molar-refractivity contribution >= 4 is 22.6 Å². The minimum atomic E-state index is 0.511. The Morgan fingerprint density at radius 2 is 1.77 bits per heavy atom. The first kappa shape index (κ1) is 20.3. The zero-order chi connectivity index (χ0) is 18.8. The molecule has 0 bridgehead atoms. The fourth-order valence-corrected chi connectivity index (χ4v) is 3.59. The number of aryl methyl sites for hydroxylation is 1. The number of para-hydroxylation sites is 1. The van der Waals surface area contributed by atoms with Gasteiger partial charge < -0.3 is 10.6 Å². The highest BCUT2D eigenvalue weighted by Gasteiger charge is 2.13. The van der Waals surface area contributed by atoms with Gasteiger partial charge in [-0.25, -0.2) is 5.84 Å². The van der Waals surface area contributed by atoms with Crippen LogP contribution in [0.3, 0.4) is 0 Å². The maximum atomic E-state index is 6.14. The third-order valence-electron chi connectivity index (χ3n) is 4.17. The predicted molar refractivity (Wildman–Crippen MR) is 112 cm³/mol. The van der Waals surface area contributed by atoms with Crippen molar-refractivity contribution in [1.82, 2.24) is 0 Å². The van der Waals surface area contributed by atoms with Crippen molar-refractivity contribution in [3.05, 3.63) is 65.7 Å². The van der Waals surface area contributed by atoms with Crippen LogP contribution in [0, 0.1) is 5.92 Å². The standard InChI is InChI=1S/C20H28N4OS/c1-16(12-13-17-8-6-7-9-18(17)14-25-2)15-26-20(23-21)24(22)19-10-4-3-5-11-19/h3-11,16H,12-15,21-22H2,1-2H3/b23-20+. The summed E-state index contributed by atoms with van der Waals surface area (Å²) in [5, 5.41) is 6.00. The average Bonchev–Trinajstić information content (AvgIpc) is 2.68. The van der Waals surface area contributed by atoms with Gasteiger partial charge in [-0.15, -0.1) is 0 Å². The molecule has 0 heterocycles. The van der Waals surface area contributed by atoms with Crippen LogP contribution in [0.5, 0.6) is 0 Å². The van der Waals surface area contributed by atoms with Crippen molar-refractivity contribution in [2.24, 2.45) is 22.7 Å². The number of hydrazone groups is 1. The van der Waals surface area contributed by atoms with Gasteiger partial charge in [0.05, 0.1) is 12.3 Å². The lowest BCUT2D eigenvalue weighted by Crippen LogP contribution is -2.36. The number of ether oxygens (including phenoxy) is 1. The zero-order valence-corrected chi connectivity index (χ0v) is 16.3. The van der Waals surface area contributed by atoms with Gasteiger partial charge in [-0.05, 0) is 42.0 Å². The lowest BCUT2D eigenvalue weighted by molar-refractivity contribution is 0.184. The molecule has 26 heavy (non-hydrogen) atoms. The molecule has 2 aromatic carbocycles. The molecule has 0 amide bonds. The molecule has 0 aliphatic rings. The van der Waals surface area contributed by atoms with Crippen LogP contribution in [-0.4, -0.2) is 18.0 Å². The summed E-state index contributed by atoms with van der Waals surface area (Å²) in [7, 11) is 1.73. The van der Waals surface area contributed by atoms with Gasteiger partial charge in [-0.3, -0.25) is 5.01 Å². The number of hydrogen-bond donors (Lipinski definition) is 2. The van der Waals surface area contributed by atoms with Crippen LogP contribution in [0.2, 0.25) is 0 Å². The highest BCUT2D eigenvalue weighted by Crippen LogP contribution is 2.21. The fraction of sp³-hybridized carbons (Fsp3) is 0.350. The molecule has 2 rings (SSSR count). The van der Waals surface area contributed by atoms with E-state index in [1.165, 1.54) is 16.1 Å². The highest BCUT2D eigenvalue weighted by atomic mass is 32.2. The predicted octanol–water partition coefficient (Wildman–Crippen LogP) is 3.74. The van der Waals surface area contributed by atoms with E-state index in [1.807, 2.05) is 30.3 Å². The molecule has 0 aliphatic carbocycles. The largest absolute Gasteiger partial charge is 0.380 e. The van der Waals surface area contributed by atoms with E-state index < -0.39 is 0 Å². The van der Waals surface area contributed by atoms with Crippen molar-refractivity contribution in [2.75, 3.05) is 17.9 Å². The summed E-state index contributed by atoms with van der Waals surface area (Å²) in [5.74, 6) is 13.1. The molecule has 0 radical (unpaired) electrons. The van der Waals surface area contributed by atoms with Crippen molar-refractivity contribution < 1.29 is 4.74 Å². The number of benzene rings is 2. The highest BCUT2D eigenvalue weighted by molar-refractivity contribution is 8.14. The van der Waals surface area contributed by atoms with E-state index in [4.69, 9.17) is 16.4 Å². The van der Waals surface area contributed by atoms with Gasteiger partial charge in [0.15, 0.2) is 0 Å². The Hall–Kier alpha value is -2.02. The number of anilines is 1. The van der Waals surface area contributed by atoms with Crippen LogP contribution in [0.15, 0.2) is 59.7 Å². The Bertz CT molecular complexity index is 693. The van der Waals surface area contributed by atoms with Gasteiger partial charge in [-0.2, -0.15) is 5.10 Å². The Balaban J connectivity index is 1.85. The molecule has 1 atom stereocenters. The molecule has 1 unspecified atom stereocenters. The summed E-state index contributed by atoms with van der Waals surface area (Å²) in [5.41, 5.74) is 3.48. The van der Waals surface area contributed by atoms with Crippen LogP contribution in [0.25, 0.3) is 0 Å². The fourth-order valence-electron chi connectivity index (χ4n) is 2.67. The van der Waals surface area contributed by atoms with Gasteiger partial charge >= 0.3 is 0 Å². The topological polar surface area (TPSA) is 76.9 Å². The monoisotopic (exact) mass is 372 g/mol. The maximum absolute atomic E-state index is 6.14. The molecule has 0 aromatic heterocycles. The van der Waals surface area contributed by atoms with Crippen LogP contribution in [0.1, 0.15) is 24.5 Å². The van der Waals surface area contributed by atoms with Crippen molar-refractivity contribution in [1.29, 1.82) is 0 Å². The van der Waals surface area contributed by atoms with Crippen molar-refractivity contribution in [2.45, 2.75) is 26.4 Å². The Labute approximate surface area is 160 Å². The molecule has 4 N–H and O–H groups in total. The number of amidine groups is 1. The summed E-state index contributed by atoms with van der Waals surface area (Å²) in [4.78, 5) is 0. The first-order chi connectivity index (χ1) is 12.7. The lowest BCUT2D eigenvalue weighted by Gasteiger charge is -2.20. The van der Waals surface area contributed by atoms with Crippen LogP contribution >= 0.6 is 11.8 Å². The minimum absolute atomic E-state index is 0.511. The Morgan fingerprint density at radius 3 is 2.42 bits per heavy atom. The maximum Gasteiger partial charge on any atom is 0.201 e. The number of methoxy groups -OCH3 is 1. The Morgan fingerprint density at radius 1 is 1.12 bits per heavy atom. The van der Waals surface area contributed by atoms with Gasteiger partial charge in [-0.1, -0.05) is 61.2 Å². The summed E-state index contributed by atoms with van der Waals surface area (Å²) < 4.78 is 5.28. The molecule has 0 fully saturated rings. The molecule has 0 saturated heterocycles. The quantitative estimate of drug-likeness (QED) is 0.319. The molecule has 140 valence electrons. The summed E-state index contributed by atoms with van der Waals surface area (Å²) >= 11 is 1.58. The summed E-state index contributed by atoms with van der Waals surface area (Å²) in [6.45, 7) is 2.89. The molecule has 6 heteroatoms. The smallest absolute Gasteiger partial charge is 0.201 e. The molecule has 5 nitrogen and oxygen atoms in total. The zero-order valence-electron chi connectivity index (χ0n) is 15.5. The Kier molecular flexibility index (Phi) is 8.47. The van der Waals surface area contributed by atoms with Crippen molar-refractivity contribution in [3.8, 4) is 0 Å². The van der Waals surface area contributed by atoms with E-state index >= 15 is 0 Å². The third kappa shape index (κ3) is 6.05. The van der Waals surface area contributed by atoms with E-state index in [1.54, 1.807) is 18.9 Å². The van der Waals surface area contributed by atoms with Crippen LogP contribution in [0.4, 0.5) is 5.69 Å². The van der Waals surface area contributed by atoms with Crippen LogP contribution < -0.4 is 16.7 Å². The van der Waals surface area contributed by atoms with Gasteiger partial charge in [0.25, 0.3) is 0 Å². The van der Waals surface area contributed by atoms with E-state index in [0.717, 1.165) is 24.3 Å². The molecule has 0 aliphatic heterocycles. The second-order valence-corrected chi connectivity index (χ2v) is 7.26. The first-order valence-electron chi connectivity index (χ1n) is 8.72. The number of nitrogens with zero attached hydrogens (tertiary/aromatic N) is 2. The molecular weight excluding hydrogens is 344 g/mol. The van der Waals surface area contributed by atoms with E-state index in [-0.39, 0.29) is 0 Å². The number of nitrogens with two attached hydrogens (primary N) is 2. The molecular formula is C20H28N4OS. The summed E-state index contributed by atoms with van der Waals surface area (Å²) in [6, 6.07) is 18.1. The first-order valence-corrected chi connectivity index (χ1v) is 9.70. The second-order valence-electron chi connectivity index (χ2n) is 6.27. The molecule has 0 spiro atoms. The minimum Gasteiger partial charge on any atom is -0.380 e. The van der Waals surface area contributed by atoms with Gasteiger partial charge in [0.1, 0.15) is 0 Å². The second kappa shape index (κ2) is 10.9. The van der Waals surface area contributed by atoms with E-state index in [2.05, 4.69) is 36.3 Å². The van der Waals surface area contributed by atoms with E-state index in [0.29, 0.717) is 17.7 Å². The average molecular weight is 373 g/mol. The van der Waals surface area contributed by atoms with Gasteiger partial charge in [0, 0.05) is 12.9 Å². The third-order valence-corrected chi connectivity index (χ3v) is 5.47. The van der Waals surface area contributed by atoms with E-state index in [9.17, 15) is 0 Å². The van der Waals surface area contributed by atoms with Crippen molar-refractivity contribution in [3.63, 3.8) is 0 Å². The number of hydrazine groups is 1. The number of thioether (sulfide) groups is 1. The SMILES string of the molecule is COCc1ccccc1CCC(C)CS/C(=N/N)N(N)c1ccccc1. The van der Waals surface area contributed by atoms with Gasteiger partial charge in [0.2, 0.25) is 5.17 Å².